The Morgan fingerprint density at radius 3 is 2.55 bits per heavy atom. The van der Waals surface area contributed by atoms with Gasteiger partial charge in [-0.1, -0.05) is 52.7 Å². The van der Waals surface area contributed by atoms with Crippen molar-refractivity contribution in [3.05, 3.63) is 76.5 Å². The predicted molar refractivity (Wildman–Crippen MR) is 123 cm³/mol. The number of hydrogen-bond acceptors (Lipinski definition) is 6. The highest BCUT2D eigenvalue weighted by atomic mass is 32.1. The monoisotopic (exact) mass is 446 g/mol. The van der Waals surface area contributed by atoms with Crippen LogP contribution in [0, 0.1) is 13.8 Å². The molecule has 0 aliphatic carbocycles. The lowest BCUT2D eigenvalue weighted by atomic mass is 10.1. The molecule has 0 spiro atoms. The van der Waals surface area contributed by atoms with Gasteiger partial charge in [0.2, 0.25) is 0 Å². The molecule has 3 aromatic heterocycles. The highest BCUT2D eigenvalue weighted by Gasteiger charge is 2.26. The van der Waals surface area contributed by atoms with Crippen molar-refractivity contribution in [2.45, 2.75) is 13.8 Å². The van der Waals surface area contributed by atoms with Crippen LogP contribution in [0.1, 0.15) is 10.4 Å². The number of benzene rings is 2. The molecule has 0 N–H and O–H groups in total. The van der Waals surface area contributed by atoms with Gasteiger partial charge >= 0.3 is 11.0 Å². The average molecular weight is 447 g/mol. The molecule has 0 aliphatic rings. The van der Waals surface area contributed by atoms with E-state index in [4.69, 9.17) is 19.9 Å². The lowest BCUT2D eigenvalue weighted by Gasteiger charge is -2.05. The molecule has 5 rings (SSSR count). The number of rotatable bonds is 5. The maximum absolute atomic E-state index is 5.42. The molecule has 0 amide bonds. The van der Waals surface area contributed by atoms with Crippen LogP contribution in [0.3, 0.4) is 0 Å². The maximum atomic E-state index is 5.42. The molecule has 0 fully saturated rings. The number of aryl methyl sites for hydroxylation is 2. The van der Waals surface area contributed by atoms with E-state index < -0.39 is 0 Å². The molecule has 0 saturated carbocycles. The molecule has 5 aromatic rings. The lowest BCUT2D eigenvalue weighted by molar-refractivity contribution is -0.734. The second kappa shape index (κ2) is 8.05. The van der Waals surface area contributed by atoms with Gasteiger partial charge in [0.05, 0.1) is 16.9 Å². The van der Waals surface area contributed by atoms with Crippen LogP contribution in [0.15, 0.2) is 66.0 Å². The van der Waals surface area contributed by atoms with Gasteiger partial charge in [-0.3, -0.25) is 0 Å². The molecule has 0 bridgehead atoms. The van der Waals surface area contributed by atoms with E-state index in [2.05, 4.69) is 19.1 Å². The predicted octanol–water partition coefficient (Wildman–Crippen LogP) is 5.02. The summed E-state index contributed by atoms with van der Waals surface area (Å²) >= 11 is 3.22. The molecule has 0 atom stereocenters. The van der Waals surface area contributed by atoms with E-state index in [0.717, 1.165) is 43.1 Å². The van der Waals surface area contributed by atoms with Crippen molar-refractivity contribution in [1.29, 1.82) is 0 Å². The molecule has 8 heteroatoms. The van der Waals surface area contributed by atoms with Crippen molar-refractivity contribution in [2.75, 3.05) is 7.11 Å². The minimum Gasteiger partial charge on any atom is -0.496 e. The van der Waals surface area contributed by atoms with Gasteiger partial charge < -0.3 is 4.74 Å². The summed E-state index contributed by atoms with van der Waals surface area (Å²) in [5.41, 5.74) is 3.97. The van der Waals surface area contributed by atoms with Crippen molar-refractivity contribution in [3.8, 4) is 38.5 Å². The first kappa shape index (κ1) is 19.6. The summed E-state index contributed by atoms with van der Waals surface area (Å²) in [7, 11) is 1.68. The van der Waals surface area contributed by atoms with E-state index in [0.29, 0.717) is 5.82 Å². The zero-order valence-corrected chi connectivity index (χ0v) is 18.9. The van der Waals surface area contributed by atoms with Crippen molar-refractivity contribution >= 4 is 22.7 Å². The van der Waals surface area contributed by atoms with Gasteiger partial charge in [0.15, 0.2) is 5.69 Å². The molecule has 154 valence electrons. The molecule has 0 saturated heterocycles. The second-order valence-corrected chi connectivity index (χ2v) is 9.13. The molecule has 0 unspecified atom stereocenters. The number of methoxy groups -OCH3 is 1. The summed E-state index contributed by atoms with van der Waals surface area (Å²) in [6.45, 7) is 4.10. The molecule has 6 nitrogen and oxygen atoms in total. The highest BCUT2D eigenvalue weighted by Crippen LogP contribution is 2.28. The van der Waals surface area contributed by atoms with Gasteiger partial charge in [-0.15, -0.1) is 11.3 Å². The van der Waals surface area contributed by atoms with Crippen molar-refractivity contribution < 1.29 is 9.53 Å². The largest absolute Gasteiger partial charge is 0.496 e. The fraction of sp³-hybridized carbons (Fsp3) is 0.130. The minimum atomic E-state index is 0.664. The minimum absolute atomic E-state index is 0.664. The molecular weight excluding hydrogens is 426 g/mol. The molecular formula is C23H20N5OS2+. The maximum Gasteiger partial charge on any atom is 0.365 e. The lowest BCUT2D eigenvalue weighted by Crippen LogP contribution is -2.43. The Bertz CT molecular complexity index is 1340. The summed E-state index contributed by atoms with van der Waals surface area (Å²) in [6, 6.07) is 20.2. The SMILES string of the molecule is COc1ccc(-n2nc(-c3cccs3)n[n+]2-c2nc(-c3ccccc3)c(C)s2)cc1C. The second-order valence-electron chi connectivity index (χ2n) is 7.00. The summed E-state index contributed by atoms with van der Waals surface area (Å²) in [6.07, 6.45) is 0. The molecule has 2 aromatic carbocycles. The van der Waals surface area contributed by atoms with Crippen LogP contribution in [0.25, 0.3) is 32.8 Å². The number of thiophene rings is 1. The zero-order chi connectivity index (χ0) is 21.4. The Morgan fingerprint density at radius 2 is 1.84 bits per heavy atom. The van der Waals surface area contributed by atoms with Gasteiger partial charge in [0.25, 0.3) is 0 Å². The van der Waals surface area contributed by atoms with Crippen molar-refractivity contribution in [1.82, 2.24) is 20.0 Å². The van der Waals surface area contributed by atoms with Crippen LogP contribution < -0.4 is 9.53 Å². The normalized spacial score (nSPS) is 11.1. The number of hydrogen-bond donors (Lipinski definition) is 0. The molecule has 3 heterocycles. The summed E-state index contributed by atoms with van der Waals surface area (Å²) in [5, 5.41) is 12.4. The standard InChI is InChI=1S/C23H20N5OS2/c1-15-14-18(11-12-19(15)29-3)27-25-22(20-10-7-13-30-20)26-28(27)23-24-21(16(2)31-23)17-8-5-4-6-9-17/h4-14H,1-3H3/q+1. The third kappa shape index (κ3) is 3.64. The van der Waals surface area contributed by atoms with Crippen LogP contribution in [-0.4, -0.2) is 27.1 Å². The molecule has 0 radical (unpaired) electrons. The molecule has 0 aliphatic heterocycles. The number of aromatic nitrogens is 5. The summed E-state index contributed by atoms with van der Waals surface area (Å²) in [5.74, 6) is 1.50. The number of nitrogens with zero attached hydrogens (tertiary/aromatic N) is 5. The first-order valence-electron chi connectivity index (χ1n) is 9.76. The number of ether oxygens (including phenoxy) is 1. The quantitative estimate of drug-likeness (QED) is 0.356. The third-order valence-electron chi connectivity index (χ3n) is 4.91. The van der Waals surface area contributed by atoms with E-state index in [9.17, 15) is 0 Å². The zero-order valence-electron chi connectivity index (χ0n) is 17.3. The van der Waals surface area contributed by atoms with Gasteiger partial charge in [-0.25, -0.2) is 0 Å². The first-order valence-corrected chi connectivity index (χ1v) is 11.5. The van der Waals surface area contributed by atoms with Gasteiger partial charge in [-0.05, 0) is 63.7 Å². The van der Waals surface area contributed by atoms with Crippen molar-refractivity contribution in [3.63, 3.8) is 0 Å². The fourth-order valence-electron chi connectivity index (χ4n) is 3.40. The summed E-state index contributed by atoms with van der Waals surface area (Å²) in [4.78, 5) is 10.6. The fourth-order valence-corrected chi connectivity index (χ4v) is 4.92. The number of thiazole rings is 1. The van der Waals surface area contributed by atoms with Crippen LogP contribution in [-0.2, 0) is 0 Å². The topological polar surface area (TPSA) is 56.7 Å². The van der Waals surface area contributed by atoms with E-state index in [1.807, 2.05) is 60.8 Å². The Kier molecular flexibility index (Phi) is 5.09. The molecule has 31 heavy (non-hydrogen) atoms. The Balaban J connectivity index is 1.67. The Morgan fingerprint density at radius 1 is 1.00 bits per heavy atom. The van der Waals surface area contributed by atoms with E-state index in [1.165, 1.54) is 0 Å². The Labute approximate surface area is 188 Å². The van der Waals surface area contributed by atoms with Gasteiger partial charge in [-0.2, -0.15) is 0 Å². The van der Waals surface area contributed by atoms with E-state index >= 15 is 0 Å². The van der Waals surface area contributed by atoms with E-state index in [-0.39, 0.29) is 0 Å². The van der Waals surface area contributed by atoms with Gasteiger partial charge in [0.1, 0.15) is 11.4 Å². The highest BCUT2D eigenvalue weighted by molar-refractivity contribution is 7.14. The van der Waals surface area contributed by atoms with Gasteiger partial charge in [0, 0.05) is 10.7 Å². The van der Waals surface area contributed by atoms with Crippen LogP contribution in [0.4, 0.5) is 0 Å². The number of tetrazole rings is 1. The van der Waals surface area contributed by atoms with Crippen LogP contribution in [0.5, 0.6) is 5.75 Å². The van der Waals surface area contributed by atoms with E-state index in [1.54, 1.807) is 39.4 Å². The first-order chi connectivity index (χ1) is 15.1. The van der Waals surface area contributed by atoms with Crippen LogP contribution in [0.2, 0.25) is 0 Å². The third-order valence-corrected chi connectivity index (χ3v) is 6.72. The van der Waals surface area contributed by atoms with Crippen LogP contribution >= 0.6 is 22.7 Å². The summed E-state index contributed by atoms with van der Waals surface area (Å²) < 4.78 is 5.42. The Hall–Kier alpha value is -3.36. The average Bonchev–Trinajstić information content (AvgIpc) is 3.53. The smallest absolute Gasteiger partial charge is 0.365 e. The van der Waals surface area contributed by atoms with Crippen molar-refractivity contribution in [2.24, 2.45) is 0 Å².